The number of morpholine rings is 1. The van der Waals surface area contributed by atoms with Gasteiger partial charge in [-0.15, -0.1) is 0 Å². The van der Waals surface area contributed by atoms with Crippen LogP contribution in [0.1, 0.15) is 24.2 Å². The van der Waals surface area contributed by atoms with Gasteiger partial charge in [0.05, 0.1) is 18.4 Å². The summed E-state index contributed by atoms with van der Waals surface area (Å²) in [7, 11) is 1.72. The average molecular weight is 238 g/mol. The Morgan fingerprint density at radius 2 is 2.06 bits per heavy atom. The molecule has 94 valence electrons. The van der Waals surface area contributed by atoms with Crippen LogP contribution in [0.5, 0.6) is 0 Å². The molecule has 0 radical (unpaired) electrons. The highest BCUT2D eigenvalue weighted by Gasteiger charge is 2.28. The first-order chi connectivity index (χ1) is 7.99. The van der Waals surface area contributed by atoms with Gasteiger partial charge < -0.3 is 15.4 Å². The SMILES string of the molecule is CC1CN(C(=O)c2cnn(C)c2N)CC(C)O1. The number of rotatable bonds is 1. The summed E-state index contributed by atoms with van der Waals surface area (Å²) < 4.78 is 7.09. The van der Waals surface area contributed by atoms with Crippen molar-refractivity contribution in [2.24, 2.45) is 7.05 Å². The van der Waals surface area contributed by atoms with Gasteiger partial charge in [-0.05, 0) is 13.8 Å². The zero-order valence-electron chi connectivity index (χ0n) is 10.4. The first-order valence-electron chi connectivity index (χ1n) is 5.71. The van der Waals surface area contributed by atoms with Crippen LogP contribution in [-0.4, -0.2) is 45.9 Å². The van der Waals surface area contributed by atoms with Crippen LogP contribution in [0.4, 0.5) is 5.82 Å². The summed E-state index contributed by atoms with van der Waals surface area (Å²) in [5.74, 6) is 0.333. The number of nitrogens with two attached hydrogens (primary N) is 1. The molecule has 1 fully saturated rings. The van der Waals surface area contributed by atoms with Crippen molar-refractivity contribution in [1.29, 1.82) is 0 Å². The van der Waals surface area contributed by atoms with Gasteiger partial charge >= 0.3 is 0 Å². The van der Waals surface area contributed by atoms with Crippen molar-refractivity contribution in [2.75, 3.05) is 18.8 Å². The molecule has 1 aromatic heterocycles. The van der Waals surface area contributed by atoms with Crippen molar-refractivity contribution in [1.82, 2.24) is 14.7 Å². The van der Waals surface area contributed by atoms with Crippen LogP contribution < -0.4 is 5.73 Å². The number of aryl methyl sites for hydroxylation is 1. The maximum absolute atomic E-state index is 12.3. The predicted molar refractivity (Wildman–Crippen MR) is 63.5 cm³/mol. The minimum absolute atomic E-state index is 0.0561. The van der Waals surface area contributed by atoms with Crippen LogP contribution in [0.25, 0.3) is 0 Å². The molecule has 2 N–H and O–H groups in total. The fourth-order valence-corrected chi connectivity index (χ4v) is 2.13. The number of ether oxygens (including phenoxy) is 1. The van der Waals surface area contributed by atoms with E-state index in [1.165, 1.54) is 10.9 Å². The quantitative estimate of drug-likeness (QED) is 0.761. The van der Waals surface area contributed by atoms with Gasteiger partial charge in [-0.25, -0.2) is 0 Å². The maximum Gasteiger partial charge on any atom is 0.259 e. The van der Waals surface area contributed by atoms with Crippen molar-refractivity contribution in [3.8, 4) is 0 Å². The summed E-state index contributed by atoms with van der Waals surface area (Å²) in [6.07, 6.45) is 1.63. The Balaban J connectivity index is 2.17. The molecule has 0 aliphatic carbocycles. The number of aromatic nitrogens is 2. The minimum atomic E-state index is -0.0717. The number of carbonyl (C=O) groups is 1. The highest BCUT2D eigenvalue weighted by Crippen LogP contribution is 2.17. The molecule has 2 heterocycles. The molecule has 2 unspecified atom stereocenters. The minimum Gasteiger partial charge on any atom is -0.383 e. The molecular weight excluding hydrogens is 220 g/mol. The standard InChI is InChI=1S/C11H18N4O2/c1-7-5-15(6-8(2)17-7)11(16)9-4-13-14(3)10(9)12/h4,7-8H,5-6,12H2,1-3H3. The molecule has 0 saturated carbocycles. The fourth-order valence-electron chi connectivity index (χ4n) is 2.13. The van der Waals surface area contributed by atoms with Crippen LogP contribution in [0.15, 0.2) is 6.20 Å². The molecule has 0 aromatic carbocycles. The monoisotopic (exact) mass is 238 g/mol. The molecule has 0 spiro atoms. The number of nitrogens with zero attached hydrogens (tertiary/aromatic N) is 3. The Morgan fingerprint density at radius 3 is 2.53 bits per heavy atom. The predicted octanol–water partition coefficient (Wildman–Crippen LogP) is 0.252. The summed E-state index contributed by atoms with van der Waals surface area (Å²) >= 11 is 0. The normalized spacial score (nSPS) is 25.0. The Bertz CT molecular complexity index is 419. The summed E-state index contributed by atoms with van der Waals surface area (Å²) in [6.45, 7) is 5.11. The van der Waals surface area contributed by atoms with Gasteiger partial charge in [-0.1, -0.05) is 0 Å². The topological polar surface area (TPSA) is 73.4 Å². The van der Waals surface area contributed by atoms with E-state index in [-0.39, 0.29) is 18.1 Å². The van der Waals surface area contributed by atoms with Gasteiger partial charge in [0, 0.05) is 20.1 Å². The molecule has 6 heteroatoms. The van der Waals surface area contributed by atoms with Crippen LogP contribution in [-0.2, 0) is 11.8 Å². The van der Waals surface area contributed by atoms with Crippen molar-refractivity contribution < 1.29 is 9.53 Å². The van der Waals surface area contributed by atoms with Crippen molar-refractivity contribution in [3.05, 3.63) is 11.8 Å². The largest absolute Gasteiger partial charge is 0.383 e. The van der Waals surface area contributed by atoms with Gasteiger partial charge in [0.25, 0.3) is 5.91 Å². The van der Waals surface area contributed by atoms with E-state index >= 15 is 0 Å². The third-order valence-corrected chi connectivity index (χ3v) is 2.92. The lowest BCUT2D eigenvalue weighted by molar-refractivity contribution is -0.0585. The lowest BCUT2D eigenvalue weighted by Crippen LogP contribution is -2.48. The Kier molecular flexibility index (Phi) is 3.06. The first-order valence-corrected chi connectivity index (χ1v) is 5.71. The van der Waals surface area contributed by atoms with E-state index in [9.17, 15) is 4.79 Å². The van der Waals surface area contributed by atoms with Crippen LogP contribution in [0.2, 0.25) is 0 Å². The zero-order valence-corrected chi connectivity index (χ0v) is 10.4. The second-order valence-corrected chi connectivity index (χ2v) is 4.53. The highest BCUT2D eigenvalue weighted by atomic mass is 16.5. The van der Waals surface area contributed by atoms with Gasteiger partial charge in [-0.3, -0.25) is 9.48 Å². The summed E-state index contributed by atoms with van der Waals surface area (Å²) in [5, 5.41) is 3.98. The van der Waals surface area contributed by atoms with E-state index in [0.717, 1.165) is 0 Å². The Morgan fingerprint density at radius 1 is 1.47 bits per heavy atom. The van der Waals surface area contributed by atoms with E-state index in [0.29, 0.717) is 24.5 Å². The second kappa shape index (κ2) is 4.37. The van der Waals surface area contributed by atoms with E-state index in [1.807, 2.05) is 13.8 Å². The van der Waals surface area contributed by atoms with Crippen LogP contribution >= 0.6 is 0 Å². The molecule has 6 nitrogen and oxygen atoms in total. The number of carbonyl (C=O) groups excluding carboxylic acids is 1. The van der Waals surface area contributed by atoms with E-state index in [2.05, 4.69) is 5.10 Å². The highest BCUT2D eigenvalue weighted by molar-refractivity contribution is 5.98. The van der Waals surface area contributed by atoms with E-state index in [4.69, 9.17) is 10.5 Å². The third-order valence-electron chi connectivity index (χ3n) is 2.92. The van der Waals surface area contributed by atoms with Gasteiger partial charge in [0.15, 0.2) is 0 Å². The smallest absolute Gasteiger partial charge is 0.259 e. The number of amides is 1. The summed E-state index contributed by atoms with van der Waals surface area (Å²) in [5.41, 5.74) is 6.27. The molecule has 1 aromatic rings. The lowest BCUT2D eigenvalue weighted by atomic mass is 10.2. The third kappa shape index (κ3) is 2.26. The van der Waals surface area contributed by atoms with Crippen molar-refractivity contribution in [2.45, 2.75) is 26.1 Å². The van der Waals surface area contributed by atoms with E-state index in [1.54, 1.807) is 11.9 Å². The number of nitrogen functional groups attached to an aromatic ring is 1. The summed E-state index contributed by atoms with van der Waals surface area (Å²) in [4.78, 5) is 14.0. The molecular formula is C11H18N4O2. The number of hydrogen-bond donors (Lipinski definition) is 1. The van der Waals surface area contributed by atoms with E-state index < -0.39 is 0 Å². The van der Waals surface area contributed by atoms with Crippen molar-refractivity contribution in [3.63, 3.8) is 0 Å². The zero-order chi connectivity index (χ0) is 12.6. The maximum atomic E-state index is 12.3. The Hall–Kier alpha value is -1.56. The van der Waals surface area contributed by atoms with Gasteiger partial charge in [-0.2, -0.15) is 5.10 Å². The number of hydrogen-bond acceptors (Lipinski definition) is 4. The van der Waals surface area contributed by atoms with Gasteiger partial charge in [0.2, 0.25) is 0 Å². The molecule has 1 aliphatic heterocycles. The molecule has 17 heavy (non-hydrogen) atoms. The number of anilines is 1. The Labute approximate surface area is 100 Å². The second-order valence-electron chi connectivity index (χ2n) is 4.53. The molecule has 2 atom stereocenters. The molecule has 1 amide bonds. The average Bonchev–Trinajstić information content (AvgIpc) is 2.57. The molecule has 0 bridgehead atoms. The fraction of sp³-hybridized carbons (Fsp3) is 0.636. The summed E-state index contributed by atoms with van der Waals surface area (Å²) in [6, 6.07) is 0. The lowest BCUT2D eigenvalue weighted by Gasteiger charge is -2.35. The van der Waals surface area contributed by atoms with Gasteiger partial charge in [0.1, 0.15) is 11.4 Å². The first kappa shape index (κ1) is 11.9. The molecule has 1 aliphatic rings. The molecule has 2 rings (SSSR count). The van der Waals surface area contributed by atoms with Crippen LogP contribution in [0, 0.1) is 0 Å². The van der Waals surface area contributed by atoms with Crippen LogP contribution in [0.3, 0.4) is 0 Å². The molecule has 1 saturated heterocycles. The van der Waals surface area contributed by atoms with Crippen molar-refractivity contribution >= 4 is 11.7 Å².